The van der Waals surface area contributed by atoms with E-state index in [0.717, 1.165) is 32.6 Å². The summed E-state index contributed by atoms with van der Waals surface area (Å²) in [4.78, 5) is 16.0. The normalized spacial score (nSPS) is 44.3. The van der Waals surface area contributed by atoms with Crippen molar-refractivity contribution >= 4 is 5.78 Å². The summed E-state index contributed by atoms with van der Waals surface area (Å²) in [6.45, 7) is 10.7. The van der Waals surface area contributed by atoms with Crippen molar-refractivity contribution in [1.82, 2.24) is 0 Å². The van der Waals surface area contributed by atoms with Gasteiger partial charge in [-0.05, 0) is 38.0 Å². The van der Waals surface area contributed by atoms with E-state index in [0.29, 0.717) is 11.9 Å². The lowest BCUT2D eigenvalue weighted by Gasteiger charge is -2.58. The Kier molecular flexibility index (Phi) is 2.68. The molecule has 4 aliphatic rings. The van der Waals surface area contributed by atoms with E-state index in [1.807, 2.05) is 0 Å². The van der Waals surface area contributed by atoms with E-state index in [2.05, 4.69) is 45.0 Å². The maximum absolute atomic E-state index is 12.7. The fraction of sp³-hybridized carbons (Fsp3) is 0.611. The summed E-state index contributed by atoms with van der Waals surface area (Å²) in [5, 5.41) is 0. The van der Waals surface area contributed by atoms with Crippen LogP contribution in [0.3, 0.4) is 0 Å². The molecule has 4 heterocycles. The molecule has 112 valence electrons. The summed E-state index contributed by atoms with van der Waals surface area (Å²) in [6, 6.07) is 9.18. The van der Waals surface area contributed by atoms with Gasteiger partial charge in [0.1, 0.15) is 10.8 Å². The van der Waals surface area contributed by atoms with Crippen molar-refractivity contribution < 1.29 is 14.6 Å². The minimum absolute atomic E-state index is 0.0875. The van der Waals surface area contributed by atoms with Crippen molar-refractivity contribution in [2.45, 2.75) is 33.4 Å². The molecule has 0 unspecified atom stereocenters. The molecule has 0 radical (unpaired) electrons. The van der Waals surface area contributed by atoms with Gasteiger partial charge in [-0.1, -0.05) is 19.1 Å². The highest BCUT2D eigenvalue weighted by Gasteiger charge is 2.68. The van der Waals surface area contributed by atoms with Gasteiger partial charge in [0.05, 0.1) is 31.7 Å². The quantitative estimate of drug-likeness (QED) is 0.763. The third-order valence-corrected chi connectivity index (χ3v) is 6.10. The van der Waals surface area contributed by atoms with Gasteiger partial charge in [0.25, 0.3) is 0 Å². The van der Waals surface area contributed by atoms with E-state index in [4.69, 9.17) is 0 Å². The molecule has 0 aliphatic carbocycles. The van der Waals surface area contributed by atoms with Crippen LogP contribution in [0.4, 0.5) is 0 Å². The first-order valence-electron chi connectivity index (χ1n) is 8.28. The summed E-state index contributed by atoms with van der Waals surface area (Å²) in [6.07, 6.45) is 1.63. The van der Waals surface area contributed by atoms with Gasteiger partial charge in [0.2, 0.25) is 6.17 Å². The number of carbonyl (C=O) groups is 1. The zero-order valence-electron chi connectivity index (χ0n) is 13.3. The van der Waals surface area contributed by atoms with Crippen LogP contribution in [0, 0.1) is 10.8 Å². The van der Waals surface area contributed by atoms with Gasteiger partial charge in [-0.15, -0.1) is 0 Å². The third kappa shape index (κ3) is 1.77. The Hall–Kier alpha value is -1.19. The number of hydrogen-bond donors (Lipinski definition) is 2. The fourth-order valence-corrected chi connectivity index (χ4v) is 5.42. The number of benzene rings is 1. The molecule has 0 amide bonds. The van der Waals surface area contributed by atoms with Crippen molar-refractivity contribution in [1.29, 1.82) is 0 Å². The van der Waals surface area contributed by atoms with Gasteiger partial charge in [-0.3, -0.25) is 14.6 Å². The van der Waals surface area contributed by atoms with E-state index in [1.54, 1.807) is 9.80 Å². The first-order chi connectivity index (χ1) is 9.95. The second-order valence-electron chi connectivity index (χ2n) is 8.00. The zero-order valence-corrected chi connectivity index (χ0v) is 13.3. The van der Waals surface area contributed by atoms with Crippen LogP contribution in [-0.2, 0) is 11.2 Å². The standard InChI is InChI=1S/C18H24N2O/c1-4-13-5-7-14(8-6-13)15-19-9-17(2)10-20(15)12-18(3,11-19)16(17)21/h5-8,15H,4,9-12H2,1-3H3/p+2. The van der Waals surface area contributed by atoms with Crippen molar-refractivity contribution in [3.8, 4) is 0 Å². The molecule has 5 rings (SSSR count). The monoisotopic (exact) mass is 286 g/mol. The van der Waals surface area contributed by atoms with Crippen LogP contribution >= 0.6 is 0 Å². The Bertz CT molecular complexity index is 552. The molecule has 0 atom stereocenters. The first-order valence-corrected chi connectivity index (χ1v) is 8.28. The van der Waals surface area contributed by atoms with Gasteiger partial charge in [-0.25, -0.2) is 0 Å². The Morgan fingerprint density at radius 1 is 1.00 bits per heavy atom. The molecule has 2 N–H and O–H groups in total. The van der Waals surface area contributed by atoms with Crippen LogP contribution in [0.25, 0.3) is 0 Å². The summed E-state index contributed by atoms with van der Waals surface area (Å²) < 4.78 is 0. The SMILES string of the molecule is CCc1ccc(C2[NH+]3CC4(C)C[NH+]2CC(C)(C3)C4=O)cc1. The van der Waals surface area contributed by atoms with Crippen LogP contribution < -0.4 is 9.80 Å². The molecule has 4 bridgehead atoms. The van der Waals surface area contributed by atoms with Crippen LogP contribution in [0.15, 0.2) is 24.3 Å². The number of nitrogens with one attached hydrogen (secondary N) is 2. The van der Waals surface area contributed by atoms with Gasteiger partial charge in [0, 0.05) is 0 Å². The Morgan fingerprint density at radius 3 is 1.90 bits per heavy atom. The number of quaternary nitrogens is 2. The van der Waals surface area contributed by atoms with Crippen LogP contribution in [0.2, 0.25) is 0 Å². The van der Waals surface area contributed by atoms with Crippen LogP contribution in [0.1, 0.15) is 38.1 Å². The molecule has 0 saturated carbocycles. The number of rotatable bonds is 2. The number of hydrogen-bond acceptors (Lipinski definition) is 1. The second kappa shape index (κ2) is 4.17. The largest absolute Gasteiger partial charge is 0.297 e. The lowest BCUT2D eigenvalue weighted by Crippen LogP contribution is -3.41. The molecule has 3 heteroatoms. The molecular formula is C18H26N2O+2. The molecule has 0 spiro atoms. The molecular weight excluding hydrogens is 260 g/mol. The molecule has 4 saturated heterocycles. The smallest absolute Gasteiger partial charge is 0.240 e. The summed E-state index contributed by atoms with van der Waals surface area (Å²) in [5.41, 5.74) is 2.69. The Morgan fingerprint density at radius 2 is 1.48 bits per heavy atom. The molecule has 4 fully saturated rings. The van der Waals surface area contributed by atoms with Crippen molar-refractivity contribution in [3.05, 3.63) is 35.4 Å². The highest BCUT2D eigenvalue weighted by Crippen LogP contribution is 2.36. The van der Waals surface area contributed by atoms with Gasteiger partial charge in [0.15, 0.2) is 5.78 Å². The predicted octanol–water partition coefficient (Wildman–Crippen LogP) is -0.360. The summed E-state index contributed by atoms with van der Waals surface area (Å²) >= 11 is 0. The number of carbonyl (C=O) groups excluding carboxylic acids is 1. The minimum atomic E-state index is -0.0875. The van der Waals surface area contributed by atoms with E-state index >= 15 is 0 Å². The molecule has 4 aliphatic heterocycles. The minimum Gasteiger partial charge on any atom is -0.297 e. The molecule has 1 aromatic rings. The number of aryl methyl sites for hydroxylation is 1. The van der Waals surface area contributed by atoms with E-state index in [9.17, 15) is 4.79 Å². The average molecular weight is 286 g/mol. The third-order valence-electron chi connectivity index (χ3n) is 6.10. The van der Waals surface area contributed by atoms with Crippen molar-refractivity contribution in [3.63, 3.8) is 0 Å². The number of piperidine rings is 2. The fourth-order valence-electron chi connectivity index (χ4n) is 5.42. The van der Waals surface area contributed by atoms with Crippen LogP contribution in [0.5, 0.6) is 0 Å². The predicted molar refractivity (Wildman–Crippen MR) is 81.2 cm³/mol. The Balaban J connectivity index is 1.69. The molecule has 3 nitrogen and oxygen atoms in total. The number of Topliss-reactive ketones (excluding diaryl/α,β-unsaturated/α-hetero) is 1. The maximum atomic E-state index is 12.7. The van der Waals surface area contributed by atoms with Gasteiger partial charge in [-0.2, -0.15) is 0 Å². The van der Waals surface area contributed by atoms with Crippen LogP contribution in [-0.4, -0.2) is 32.0 Å². The lowest BCUT2D eigenvalue weighted by atomic mass is 9.62. The van der Waals surface area contributed by atoms with E-state index in [1.165, 1.54) is 11.1 Å². The molecule has 21 heavy (non-hydrogen) atoms. The lowest BCUT2D eigenvalue weighted by molar-refractivity contribution is -1.18. The molecule has 1 aromatic carbocycles. The second-order valence-corrected chi connectivity index (χ2v) is 8.00. The topological polar surface area (TPSA) is 26.0 Å². The van der Waals surface area contributed by atoms with E-state index < -0.39 is 0 Å². The van der Waals surface area contributed by atoms with Crippen molar-refractivity contribution in [2.24, 2.45) is 10.8 Å². The zero-order chi connectivity index (χ0) is 14.8. The summed E-state index contributed by atoms with van der Waals surface area (Å²) in [5.74, 6) is 0.530. The van der Waals surface area contributed by atoms with Gasteiger partial charge >= 0.3 is 0 Å². The van der Waals surface area contributed by atoms with E-state index in [-0.39, 0.29) is 10.8 Å². The molecule has 0 aromatic heterocycles. The maximum Gasteiger partial charge on any atom is 0.240 e. The number of ketones is 1. The average Bonchev–Trinajstić information content (AvgIpc) is 2.44. The first kappa shape index (κ1) is 13.5. The van der Waals surface area contributed by atoms with Crippen molar-refractivity contribution in [2.75, 3.05) is 26.2 Å². The Labute approximate surface area is 126 Å². The highest BCUT2D eigenvalue weighted by atomic mass is 16.1. The summed E-state index contributed by atoms with van der Waals surface area (Å²) in [7, 11) is 0. The highest BCUT2D eigenvalue weighted by molar-refractivity contribution is 5.91. The van der Waals surface area contributed by atoms with Gasteiger partial charge < -0.3 is 0 Å².